The molecule has 0 aromatic heterocycles. The van der Waals surface area contributed by atoms with Crippen LogP contribution in [0.15, 0.2) is 36.4 Å². The van der Waals surface area contributed by atoms with Crippen LogP contribution in [-0.4, -0.2) is 18.1 Å². The number of hydrogen-bond acceptors (Lipinski definition) is 5. The van der Waals surface area contributed by atoms with E-state index in [2.05, 4.69) is 12.1 Å². The zero-order valence-electron chi connectivity index (χ0n) is 11.4. The van der Waals surface area contributed by atoms with Crippen LogP contribution in [0.5, 0.6) is 0 Å². The molecule has 21 heavy (non-hydrogen) atoms. The summed E-state index contributed by atoms with van der Waals surface area (Å²) < 4.78 is 5.26. The van der Waals surface area contributed by atoms with E-state index in [1.54, 1.807) is 18.2 Å². The average Bonchev–Trinajstić information content (AvgIpc) is 2.53. The highest BCUT2D eigenvalue weighted by Crippen LogP contribution is 2.45. The molecule has 0 amide bonds. The smallest absolute Gasteiger partial charge is 0.269 e. The molecule has 0 saturated heterocycles. The van der Waals surface area contributed by atoms with Gasteiger partial charge < -0.3 is 4.74 Å². The first-order valence-corrected chi connectivity index (χ1v) is 6.35. The zero-order valence-corrected chi connectivity index (χ0v) is 11.4. The molecule has 0 aliphatic heterocycles. The van der Waals surface area contributed by atoms with Gasteiger partial charge >= 0.3 is 0 Å². The summed E-state index contributed by atoms with van der Waals surface area (Å²) in [6.45, 7) is 0. The summed E-state index contributed by atoms with van der Waals surface area (Å²) in [6, 6.07) is 10.1. The van der Waals surface area contributed by atoms with Gasteiger partial charge in [0.25, 0.3) is 5.69 Å². The Morgan fingerprint density at radius 1 is 1.33 bits per heavy atom. The molecular weight excluding hydrogens is 270 g/mol. The van der Waals surface area contributed by atoms with Crippen LogP contribution in [0.2, 0.25) is 0 Å². The minimum atomic E-state index is -1.33. The number of hydrogen-bond donors (Lipinski definition) is 0. The largest absolute Gasteiger partial charge is 0.375 e. The number of rotatable bonds is 3. The maximum Gasteiger partial charge on any atom is 0.269 e. The molecule has 6 heteroatoms. The summed E-state index contributed by atoms with van der Waals surface area (Å²) in [5.41, 5.74) is -0.636. The number of non-ortho nitro benzene ring substituents is 1. The minimum absolute atomic E-state index is 0.0205. The Morgan fingerprint density at radius 2 is 1.95 bits per heavy atom. The normalized spacial score (nSPS) is 23.0. The second-order valence-corrected chi connectivity index (χ2v) is 4.81. The molecule has 1 aromatic rings. The first kappa shape index (κ1) is 14.7. The SMILES string of the molecule is CO[C@@H]1C=CC[C@H](c2ccc([N+](=O)[O-])cc2)C1(C#N)C#N. The number of methoxy groups -OCH3 is 1. The molecular formula is C15H13N3O3. The van der Waals surface area contributed by atoms with E-state index in [0.29, 0.717) is 6.42 Å². The van der Waals surface area contributed by atoms with E-state index in [4.69, 9.17) is 4.74 Å². The third-order valence-electron chi connectivity index (χ3n) is 3.81. The van der Waals surface area contributed by atoms with Gasteiger partial charge in [-0.1, -0.05) is 24.3 Å². The Morgan fingerprint density at radius 3 is 2.43 bits per heavy atom. The molecule has 0 spiro atoms. The minimum Gasteiger partial charge on any atom is -0.375 e. The summed E-state index contributed by atoms with van der Waals surface area (Å²) in [7, 11) is 1.46. The van der Waals surface area contributed by atoms with Crippen molar-refractivity contribution in [2.45, 2.75) is 18.4 Å². The monoisotopic (exact) mass is 283 g/mol. The van der Waals surface area contributed by atoms with Crippen molar-refractivity contribution in [3.8, 4) is 12.1 Å². The topological polar surface area (TPSA) is 99.9 Å². The van der Waals surface area contributed by atoms with E-state index < -0.39 is 16.4 Å². The summed E-state index contributed by atoms with van der Waals surface area (Å²) in [4.78, 5) is 10.2. The van der Waals surface area contributed by atoms with Crippen LogP contribution in [0.4, 0.5) is 5.69 Å². The van der Waals surface area contributed by atoms with Crippen molar-refractivity contribution < 1.29 is 9.66 Å². The Bertz CT molecular complexity index is 638. The van der Waals surface area contributed by atoms with Crippen LogP contribution in [-0.2, 0) is 4.74 Å². The highest BCUT2D eigenvalue weighted by molar-refractivity contribution is 5.41. The van der Waals surface area contributed by atoms with Gasteiger partial charge in [-0.15, -0.1) is 0 Å². The fourth-order valence-electron chi connectivity index (χ4n) is 2.67. The number of allylic oxidation sites excluding steroid dienone is 1. The maximum atomic E-state index is 10.7. The first-order valence-electron chi connectivity index (χ1n) is 6.35. The van der Waals surface area contributed by atoms with Gasteiger partial charge in [0.05, 0.1) is 17.1 Å². The molecule has 0 heterocycles. The van der Waals surface area contributed by atoms with Crippen LogP contribution in [0.25, 0.3) is 0 Å². The van der Waals surface area contributed by atoms with Gasteiger partial charge in [0.1, 0.15) is 6.10 Å². The van der Waals surface area contributed by atoms with Crippen LogP contribution in [0.3, 0.4) is 0 Å². The van der Waals surface area contributed by atoms with Crippen molar-refractivity contribution >= 4 is 5.69 Å². The van der Waals surface area contributed by atoms with Crippen LogP contribution in [0.1, 0.15) is 17.9 Å². The number of ether oxygens (including phenoxy) is 1. The van der Waals surface area contributed by atoms with Crippen LogP contribution < -0.4 is 0 Å². The maximum absolute atomic E-state index is 10.7. The summed E-state index contributed by atoms with van der Waals surface area (Å²) >= 11 is 0. The lowest BCUT2D eigenvalue weighted by Crippen LogP contribution is -2.40. The van der Waals surface area contributed by atoms with Gasteiger partial charge in [-0.3, -0.25) is 10.1 Å². The fourth-order valence-corrected chi connectivity index (χ4v) is 2.67. The van der Waals surface area contributed by atoms with E-state index >= 15 is 0 Å². The predicted octanol–water partition coefficient (Wildman–Crippen LogP) is 2.69. The Labute approximate surface area is 122 Å². The van der Waals surface area contributed by atoms with E-state index in [1.807, 2.05) is 6.08 Å². The van der Waals surface area contributed by atoms with Crippen LogP contribution in [0, 0.1) is 38.2 Å². The van der Waals surface area contributed by atoms with E-state index in [0.717, 1.165) is 5.56 Å². The second kappa shape index (κ2) is 5.74. The van der Waals surface area contributed by atoms with Gasteiger partial charge in [-0.2, -0.15) is 10.5 Å². The number of benzene rings is 1. The molecule has 0 unspecified atom stereocenters. The van der Waals surface area contributed by atoms with Crippen molar-refractivity contribution in [2.75, 3.05) is 7.11 Å². The lowest BCUT2D eigenvalue weighted by atomic mass is 9.66. The highest BCUT2D eigenvalue weighted by atomic mass is 16.6. The second-order valence-electron chi connectivity index (χ2n) is 4.81. The molecule has 0 N–H and O–H groups in total. The lowest BCUT2D eigenvalue weighted by molar-refractivity contribution is -0.384. The van der Waals surface area contributed by atoms with Gasteiger partial charge in [-0.25, -0.2) is 0 Å². The van der Waals surface area contributed by atoms with E-state index in [9.17, 15) is 20.6 Å². The third-order valence-corrected chi connectivity index (χ3v) is 3.81. The molecule has 2 rings (SSSR count). The van der Waals surface area contributed by atoms with Crippen LogP contribution >= 0.6 is 0 Å². The van der Waals surface area contributed by atoms with Crippen molar-refractivity contribution in [1.82, 2.24) is 0 Å². The summed E-state index contributed by atoms with van der Waals surface area (Å²) in [5, 5.41) is 29.7. The number of nitrogens with zero attached hydrogens (tertiary/aromatic N) is 3. The Kier molecular flexibility index (Phi) is 4.02. The molecule has 6 nitrogen and oxygen atoms in total. The fraction of sp³-hybridized carbons (Fsp3) is 0.333. The quantitative estimate of drug-likeness (QED) is 0.482. The van der Waals surface area contributed by atoms with Gasteiger partial charge in [-0.05, 0) is 12.0 Å². The Hall–Kier alpha value is -2.70. The third kappa shape index (κ3) is 2.37. The zero-order chi connectivity index (χ0) is 15.5. The standard InChI is InChI=1S/C15H13N3O3/c1-21-14-4-2-3-13(15(14,9-16)10-17)11-5-7-12(8-6-11)18(19)20/h2,4-8,13-14H,3H2,1H3/t13-,14-/m1/s1. The molecule has 1 aliphatic rings. The first-order chi connectivity index (χ1) is 10.1. The molecule has 2 atom stereocenters. The van der Waals surface area contributed by atoms with E-state index in [-0.39, 0.29) is 11.6 Å². The number of nitro benzene ring substituents is 1. The lowest BCUT2D eigenvalue weighted by Gasteiger charge is -2.36. The van der Waals surface area contributed by atoms with Crippen molar-refractivity contribution in [1.29, 1.82) is 10.5 Å². The van der Waals surface area contributed by atoms with Gasteiger partial charge in [0.15, 0.2) is 5.41 Å². The molecule has 0 fully saturated rings. The molecule has 0 bridgehead atoms. The molecule has 106 valence electrons. The molecule has 0 radical (unpaired) electrons. The highest BCUT2D eigenvalue weighted by Gasteiger charge is 2.48. The Balaban J connectivity index is 2.46. The summed E-state index contributed by atoms with van der Waals surface area (Å²) in [5.74, 6) is -0.386. The molecule has 0 saturated carbocycles. The predicted molar refractivity (Wildman–Crippen MR) is 74.1 cm³/mol. The van der Waals surface area contributed by atoms with Gasteiger partial charge in [0, 0.05) is 25.2 Å². The molecule has 1 aliphatic carbocycles. The van der Waals surface area contributed by atoms with Crippen molar-refractivity contribution in [3.05, 3.63) is 52.1 Å². The number of nitro groups is 1. The van der Waals surface area contributed by atoms with Gasteiger partial charge in [0.2, 0.25) is 0 Å². The molecule has 1 aromatic carbocycles. The summed E-state index contributed by atoms with van der Waals surface area (Å²) in [6.07, 6.45) is 3.47. The number of nitriles is 2. The van der Waals surface area contributed by atoms with Crippen molar-refractivity contribution in [2.24, 2.45) is 5.41 Å². The average molecular weight is 283 g/mol. The van der Waals surface area contributed by atoms with E-state index in [1.165, 1.54) is 19.2 Å². The van der Waals surface area contributed by atoms with Crippen molar-refractivity contribution in [3.63, 3.8) is 0 Å².